The fourth-order valence-electron chi connectivity index (χ4n) is 2.42. The third-order valence-corrected chi connectivity index (χ3v) is 3.66. The lowest BCUT2D eigenvalue weighted by atomic mass is 10.1. The molecule has 1 aliphatic heterocycles. The van der Waals surface area contributed by atoms with E-state index in [-0.39, 0.29) is 11.9 Å². The Morgan fingerprint density at radius 1 is 1.52 bits per heavy atom. The molecule has 1 aromatic heterocycles. The van der Waals surface area contributed by atoms with E-state index >= 15 is 0 Å². The molecule has 114 valence electrons. The van der Waals surface area contributed by atoms with Crippen LogP contribution in [0.4, 0.5) is 0 Å². The molecule has 0 saturated carbocycles. The van der Waals surface area contributed by atoms with Crippen molar-refractivity contribution in [3.05, 3.63) is 36.2 Å². The third kappa shape index (κ3) is 5.65. The first-order valence-corrected chi connectivity index (χ1v) is 7.38. The summed E-state index contributed by atoms with van der Waals surface area (Å²) in [5, 5.41) is 3.06. The second-order valence-electron chi connectivity index (χ2n) is 5.24. The molecule has 0 radical (unpaired) electrons. The molecule has 1 saturated heterocycles. The summed E-state index contributed by atoms with van der Waals surface area (Å²) >= 11 is 0. The highest BCUT2D eigenvalue weighted by Crippen LogP contribution is 2.10. The number of nitrogens with one attached hydrogen (secondary N) is 1. The minimum absolute atomic E-state index is 0.0332. The molecule has 2 rings (SSSR count). The van der Waals surface area contributed by atoms with Gasteiger partial charge < -0.3 is 15.0 Å². The average Bonchev–Trinajstić information content (AvgIpc) is 2.53. The Kier molecular flexibility index (Phi) is 6.37. The van der Waals surface area contributed by atoms with Gasteiger partial charge in [0.05, 0.1) is 6.61 Å². The highest BCUT2D eigenvalue weighted by Gasteiger charge is 2.19. The Morgan fingerprint density at radius 2 is 2.33 bits per heavy atom. The predicted molar refractivity (Wildman–Crippen MR) is 82.8 cm³/mol. The summed E-state index contributed by atoms with van der Waals surface area (Å²) in [6, 6.07) is 4.05. The fraction of sp³-hybridized carbons (Fsp3) is 0.500. The second kappa shape index (κ2) is 8.54. The van der Waals surface area contributed by atoms with E-state index in [1.807, 2.05) is 12.1 Å². The van der Waals surface area contributed by atoms with Gasteiger partial charge in [-0.1, -0.05) is 6.07 Å². The molecular formula is C16H23N3O2. The molecule has 5 heteroatoms. The number of piperidine rings is 1. The number of nitrogens with zero attached hydrogens (tertiary/aromatic N) is 2. The van der Waals surface area contributed by atoms with Gasteiger partial charge in [-0.2, -0.15) is 0 Å². The quantitative estimate of drug-likeness (QED) is 0.803. The highest BCUT2D eigenvalue weighted by atomic mass is 16.5. The number of methoxy groups -OCH3 is 1. The van der Waals surface area contributed by atoms with Crippen molar-refractivity contribution in [1.29, 1.82) is 0 Å². The number of carbonyl (C=O) groups excluding carboxylic acids is 1. The summed E-state index contributed by atoms with van der Waals surface area (Å²) in [7, 11) is 1.72. The molecule has 21 heavy (non-hydrogen) atoms. The standard InChI is InChI=1S/C16H23N3O2/c1-21-12-11-19-9-6-15(7-10-19)18-16(20)5-4-14-3-2-8-17-13-14/h2-5,8,13,15H,6-7,9-12H2,1H3,(H,18,20)/b5-4+. The van der Waals surface area contributed by atoms with Gasteiger partial charge in [-0.15, -0.1) is 0 Å². The first-order chi connectivity index (χ1) is 10.3. The van der Waals surface area contributed by atoms with Crippen LogP contribution in [0.2, 0.25) is 0 Å². The molecule has 1 aliphatic rings. The van der Waals surface area contributed by atoms with Crippen molar-refractivity contribution in [1.82, 2.24) is 15.2 Å². The molecule has 0 bridgehead atoms. The van der Waals surface area contributed by atoms with Gasteiger partial charge in [0.2, 0.25) is 5.91 Å². The maximum Gasteiger partial charge on any atom is 0.244 e. The van der Waals surface area contributed by atoms with Gasteiger partial charge in [0.15, 0.2) is 0 Å². The lowest BCUT2D eigenvalue weighted by molar-refractivity contribution is -0.117. The van der Waals surface area contributed by atoms with E-state index < -0.39 is 0 Å². The normalized spacial score (nSPS) is 17.2. The maximum atomic E-state index is 11.9. The van der Waals surface area contributed by atoms with Crippen molar-refractivity contribution in [2.45, 2.75) is 18.9 Å². The lowest BCUT2D eigenvalue weighted by Crippen LogP contribution is -2.45. The number of hydrogen-bond donors (Lipinski definition) is 1. The first kappa shape index (κ1) is 15.7. The minimum atomic E-state index is -0.0332. The van der Waals surface area contributed by atoms with Crippen LogP contribution in [0.3, 0.4) is 0 Å². The van der Waals surface area contributed by atoms with Crippen LogP contribution in [0.1, 0.15) is 18.4 Å². The Hall–Kier alpha value is -1.72. The number of carbonyl (C=O) groups is 1. The van der Waals surface area contributed by atoms with Crippen molar-refractivity contribution >= 4 is 12.0 Å². The van der Waals surface area contributed by atoms with Crippen molar-refractivity contribution in [2.24, 2.45) is 0 Å². The van der Waals surface area contributed by atoms with Gasteiger partial charge in [-0.3, -0.25) is 9.78 Å². The van der Waals surface area contributed by atoms with E-state index in [0.29, 0.717) is 0 Å². The molecule has 5 nitrogen and oxygen atoms in total. The molecule has 1 fully saturated rings. The van der Waals surface area contributed by atoms with Gasteiger partial charge in [0, 0.05) is 51.3 Å². The minimum Gasteiger partial charge on any atom is -0.383 e. The molecule has 1 amide bonds. The van der Waals surface area contributed by atoms with E-state index in [2.05, 4.69) is 15.2 Å². The molecular weight excluding hydrogens is 266 g/mol. The Morgan fingerprint density at radius 3 is 3.00 bits per heavy atom. The van der Waals surface area contributed by atoms with Gasteiger partial charge in [0.1, 0.15) is 0 Å². The van der Waals surface area contributed by atoms with Crippen molar-refractivity contribution in [2.75, 3.05) is 33.4 Å². The van der Waals surface area contributed by atoms with Crippen LogP contribution < -0.4 is 5.32 Å². The van der Waals surface area contributed by atoms with E-state index in [4.69, 9.17) is 4.74 Å². The smallest absolute Gasteiger partial charge is 0.244 e. The average molecular weight is 289 g/mol. The van der Waals surface area contributed by atoms with Crippen molar-refractivity contribution < 1.29 is 9.53 Å². The van der Waals surface area contributed by atoms with Gasteiger partial charge in [-0.25, -0.2) is 0 Å². The monoisotopic (exact) mass is 289 g/mol. The van der Waals surface area contributed by atoms with Gasteiger partial charge in [0.25, 0.3) is 0 Å². The van der Waals surface area contributed by atoms with Crippen molar-refractivity contribution in [3.63, 3.8) is 0 Å². The molecule has 0 spiro atoms. The number of hydrogen-bond acceptors (Lipinski definition) is 4. The summed E-state index contributed by atoms with van der Waals surface area (Å²) in [4.78, 5) is 18.3. The zero-order chi connectivity index (χ0) is 14.9. The molecule has 0 aromatic carbocycles. The number of pyridine rings is 1. The number of aromatic nitrogens is 1. The summed E-state index contributed by atoms with van der Waals surface area (Å²) in [6.07, 6.45) is 8.81. The molecule has 2 heterocycles. The van der Waals surface area contributed by atoms with Gasteiger partial charge >= 0.3 is 0 Å². The zero-order valence-electron chi connectivity index (χ0n) is 12.5. The van der Waals surface area contributed by atoms with E-state index in [1.54, 1.807) is 31.7 Å². The second-order valence-corrected chi connectivity index (χ2v) is 5.24. The van der Waals surface area contributed by atoms with Crippen LogP contribution in [0.25, 0.3) is 6.08 Å². The Bertz CT molecular complexity index is 454. The molecule has 0 unspecified atom stereocenters. The SMILES string of the molecule is COCCN1CCC(NC(=O)/C=C/c2cccnc2)CC1. The molecule has 1 aromatic rings. The van der Waals surface area contributed by atoms with Crippen LogP contribution in [0.15, 0.2) is 30.6 Å². The largest absolute Gasteiger partial charge is 0.383 e. The number of amides is 1. The number of ether oxygens (including phenoxy) is 1. The molecule has 0 atom stereocenters. The number of rotatable bonds is 6. The summed E-state index contributed by atoms with van der Waals surface area (Å²) in [5.41, 5.74) is 0.932. The predicted octanol–water partition coefficient (Wildman–Crippen LogP) is 1.32. The molecule has 0 aliphatic carbocycles. The third-order valence-electron chi connectivity index (χ3n) is 3.66. The van der Waals surface area contributed by atoms with Crippen LogP contribution in [0, 0.1) is 0 Å². The summed E-state index contributed by atoms with van der Waals surface area (Å²) in [6.45, 7) is 3.77. The lowest BCUT2D eigenvalue weighted by Gasteiger charge is -2.31. The maximum absolute atomic E-state index is 11.9. The number of likely N-dealkylation sites (tertiary alicyclic amines) is 1. The molecule has 1 N–H and O–H groups in total. The van der Waals surface area contributed by atoms with Crippen LogP contribution in [-0.4, -0.2) is 55.2 Å². The first-order valence-electron chi connectivity index (χ1n) is 7.38. The highest BCUT2D eigenvalue weighted by molar-refractivity contribution is 5.91. The van der Waals surface area contributed by atoms with E-state index in [9.17, 15) is 4.79 Å². The summed E-state index contributed by atoms with van der Waals surface area (Å²) in [5.74, 6) is -0.0332. The topological polar surface area (TPSA) is 54.5 Å². The van der Waals surface area contributed by atoms with Crippen LogP contribution >= 0.6 is 0 Å². The van der Waals surface area contributed by atoms with Gasteiger partial charge in [-0.05, 0) is 30.5 Å². The van der Waals surface area contributed by atoms with E-state index in [0.717, 1.165) is 44.6 Å². The van der Waals surface area contributed by atoms with Crippen LogP contribution in [0.5, 0.6) is 0 Å². The fourth-order valence-corrected chi connectivity index (χ4v) is 2.42. The van der Waals surface area contributed by atoms with Crippen LogP contribution in [-0.2, 0) is 9.53 Å². The van der Waals surface area contributed by atoms with E-state index in [1.165, 1.54) is 0 Å². The Labute approximate surface area is 126 Å². The summed E-state index contributed by atoms with van der Waals surface area (Å²) < 4.78 is 5.08. The van der Waals surface area contributed by atoms with Crippen molar-refractivity contribution in [3.8, 4) is 0 Å². The Balaban J connectivity index is 1.71. The zero-order valence-corrected chi connectivity index (χ0v) is 12.5.